The Balaban J connectivity index is 2.37. The molecule has 6 nitrogen and oxygen atoms in total. The van der Waals surface area contributed by atoms with E-state index in [1.54, 1.807) is 0 Å². The third-order valence-electron chi connectivity index (χ3n) is 2.63. The van der Waals surface area contributed by atoms with Gasteiger partial charge in [-0.2, -0.15) is 0 Å². The highest BCUT2D eigenvalue weighted by Crippen LogP contribution is 2.24. The van der Waals surface area contributed by atoms with E-state index >= 15 is 0 Å². The second-order valence-corrected chi connectivity index (χ2v) is 3.74. The SMILES string of the molecule is Nc1nnnc(N)c1C(=O)C1=CCCCC1. The lowest BCUT2D eigenvalue weighted by atomic mass is 9.93. The van der Waals surface area contributed by atoms with Crippen LogP contribution in [0.4, 0.5) is 11.6 Å². The summed E-state index contributed by atoms with van der Waals surface area (Å²) in [6.45, 7) is 0. The monoisotopic (exact) mass is 219 g/mol. The third kappa shape index (κ3) is 1.86. The van der Waals surface area contributed by atoms with E-state index in [1.807, 2.05) is 6.08 Å². The van der Waals surface area contributed by atoms with Crippen LogP contribution >= 0.6 is 0 Å². The van der Waals surface area contributed by atoms with Gasteiger partial charge in [-0.1, -0.05) is 6.08 Å². The number of rotatable bonds is 2. The van der Waals surface area contributed by atoms with Gasteiger partial charge in [0.05, 0.1) is 0 Å². The Hall–Kier alpha value is -1.98. The second kappa shape index (κ2) is 4.26. The molecule has 0 amide bonds. The highest BCUT2D eigenvalue weighted by Gasteiger charge is 2.21. The van der Waals surface area contributed by atoms with Crippen LogP contribution < -0.4 is 11.5 Å². The fourth-order valence-electron chi connectivity index (χ4n) is 1.79. The maximum absolute atomic E-state index is 12.1. The Morgan fingerprint density at radius 1 is 1.19 bits per heavy atom. The quantitative estimate of drug-likeness (QED) is 0.709. The number of nitrogens with two attached hydrogens (primary N) is 2. The van der Waals surface area contributed by atoms with Crippen LogP contribution in [-0.2, 0) is 0 Å². The molecule has 2 rings (SSSR count). The van der Waals surface area contributed by atoms with E-state index < -0.39 is 0 Å². The number of Topliss-reactive ketones (excluding diaryl/α,β-unsaturated/α-hetero) is 1. The zero-order chi connectivity index (χ0) is 11.5. The van der Waals surface area contributed by atoms with Crippen molar-refractivity contribution in [1.29, 1.82) is 0 Å². The van der Waals surface area contributed by atoms with E-state index in [1.165, 1.54) is 0 Å². The zero-order valence-corrected chi connectivity index (χ0v) is 8.81. The van der Waals surface area contributed by atoms with Crippen molar-refractivity contribution in [3.8, 4) is 0 Å². The van der Waals surface area contributed by atoms with Gasteiger partial charge in [0.1, 0.15) is 5.56 Å². The van der Waals surface area contributed by atoms with Crippen LogP contribution in [0, 0.1) is 0 Å². The molecule has 4 N–H and O–H groups in total. The lowest BCUT2D eigenvalue weighted by molar-refractivity contribution is 0.102. The first-order valence-corrected chi connectivity index (χ1v) is 5.18. The van der Waals surface area contributed by atoms with Gasteiger partial charge < -0.3 is 11.5 Å². The molecule has 1 heterocycles. The van der Waals surface area contributed by atoms with Gasteiger partial charge in [-0.3, -0.25) is 4.79 Å². The molecule has 1 aromatic heterocycles. The van der Waals surface area contributed by atoms with Crippen molar-refractivity contribution in [2.75, 3.05) is 11.5 Å². The molecule has 0 saturated carbocycles. The van der Waals surface area contributed by atoms with Gasteiger partial charge in [0.15, 0.2) is 17.4 Å². The first-order valence-electron chi connectivity index (χ1n) is 5.18. The number of ketones is 1. The van der Waals surface area contributed by atoms with Crippen LogP contribution in [0.15, 0.2) is 11.6 Å². The number of anilines is 2. The average molecular weight is 219 g/mol. The van der Waals surface area contributed by atoms with Gasteiger partial charge in [0, 0.05) is 0 Å². The molecule has 1 aliphatic rings. The first kappa shape index (κ1) is 10.5. The lowest BCUT2D eigenvalue weighted by Gasteiger charge is -2.12. The number of hydrogen-bond donors (Lipinski definition) is 2. The normalized spacial score (nSPS) is 15.6. The van der Waals surface area contributed by atoms with Gasteiger partial charge in [-0.05, 0) is 36.5 Å². The Labute approximate surface area is 92.7 Å². The van der Waals surface area contributed by atoms with E-state index in [0.717, 1.165) is 31.3 Å². The predicted octanol–water partition coefficient (Wildman–Crippen LogP) is 0.719. The summed E-state index contributed by atoms with van der Waals surface area (Å²) in [7, 11) is 0. The number of nitrogen functional groups attached to an aromatic ring is 2. The summed E-state index contributed by atoms with van der Waals surface area (Å²) >= 11 is 0. The maximum Gasteiger partial charge on any atom is 0.196 e. The standard InChI is InChI=1S/C10H13N5O/c11-9-7(10(12)14-15-13-9)8(16)6-4-2-1-3-5-6/h4H,1-3,5H2,(H4,11,12,13,14). The van der Waals surface area contributed by atoms with E-state index in [0.29, 0.717) is 0 Å². The van der Waals surface area contributed by atoms with Crippen molar-refractivity contribution in [3.05, 3.63) is 17.2 Å². The van der Waals surface area contributed by atoms with E-state index in [9.17, 15) is 4.79 Å². The summed E-state index contributed by atoms with van der Waals surface area (Å²) in [5.74, 6) is -0.0787. The van der Waals surface area contributed by atoms with Crippen molar-refractivity contribution >= 4 is 17.4 Å². The van der Waals surface area contributed by atoms with Gasteiger partial charge in [0.2, 0.25) is 0 Å². The van der Waals surface area contributed by atoms with E-state index in [-0.39, 0.29) is 23.0 Å². The van der Waals surface area contributed by atoms with E-state index in [4.69, 9.17) is 11.5 Å². The van der Waals surface area contributed by atoms with Gasteiger partial charge >= 0.3 is 0 Å². The topological polar surface area (TPSA) is 108 Å². The number of nitrogens with zero attached hydrogens (tertiary/aromatic N) is 3. The molecule has 0 aromatic carbocycles. The fraction of sp³-hybridized carbons (Fsp3) is 0.400. The molecule has 1 aliphatic carbocycles. The highest BCUT2D eigenvalue weighted by atomic mass is 16.1. The molecular formula is C10H13N5O. The first-order chi connectivity index (χ1) is 7.70. The Morgan fingerprint density at radius 2 is 1.88 bits per heavy atom. The Morgan fingerprint density at radius 3 is 2.44 bits per heavy atom. The molecule has 0 bridgehead atoms. The highest BCUT2D eigenvalue weighted by molar-refractivity contribution is 6.14. The summed E-state index contributed by atoms with van der Waals surface area (Å²) in [4.78, 5) is 12.1. The number of carbonyl (C=O) groups excluding carboxylic acids is 1. The minimum atomic E-state index is -0.169. The van der Waals surface area contributed by atoms with Crippen molar-refractivity contribution in [2.24, 2.45) is 0 Å². The number of aromatic nitrogens is 3. The fourth-order valence-corrected chi connectivity index (χ4v) is 1.79. The molecule has 0 fully saturated rings. The molecule has 16 heavy (non-hydrogen) atoms. The van der Waals surface area contributed by atoms with Crippen LogP contribution in [0.1, 0.15) is 36.0 Å². The van der Waals surface area contributed by atoms with Gasteiger partial charge in [0.25, 0.3) is 0 Å². The molecule has 6 heteroatoms. The number of carbonyl (C=O) groups is 1. The minimum Gasteiger partial charge on any atom is -0.381 e. The second-order valence-electron chi connectivity index (χ2n) is 3.74. The molecule has 0 atom stereocenters. The zero-order valence-electron chi connectivity index (χ0n) is 8.81. The van der Waals surface area contributed by atoms with E-state index in [2.05, 4.69) is 15.4 Å². The van der Waals surface area contributed by atoms with Gasteiger partial charge in [-0.25, -0.2) is 0 Å². The average Bonchev–Trinajstić information content (AvgIpc) is 2.30. The van der Waals surface area contributed by atoms with Crippen LogP contribution in [0.2, 0.25) is 0 Å². The predicted molar refractivity (Wildman–Crippen MR) is 59.5 cm³/mol. The molecule has 0 aliphatic heterocycles. The van der Waals surface area contributed by atoms with Crippen LogP contribution in [0.25, 0.3) is 0 Å². The summed E-state index contributed by atoms with van der Waals surface area (Å²) in [5, 5.41) is 10.4. The van der Waals surface area contributed by atoms with Crippen LogP contribution in [0.5, 0.6) is 0 Å². The Bertz CT molecular complexity index is 434. The Kier molecular flexibility index (Phi) is 2.80. The maximum atomic E-state index is 12.1. The number of hydrogen-bond acceptors (Lipinski definition) is 6. The van der Waals surface area contributed by atoms with Crippen molar-refractivity contribution in [1.82, 2.24) is 15.4 Å². The largest absolute Gasteiger partial charge is 0.381 e. The number of allylic oxidation sites excluding steroid dienone is 2. The lowest BCUT2D eigenvalue weighted by Crippen LogP contribution is -2.15. The summed E-state index contributed by atoms with van der Waals surface area (Å²) in [6.07, 6.45) is 5.76. The molecule has 84 valence electrons. The smallest absolute Gasteiger partial charge is 0.196 e. The summed E-state index contributed by atoms with van der Waals surface area (Å²) < 4.78 is 0. The molecule has 0 spiro atoms. The summed E-state index contributed by atoms with van der Waals surface area (Å²) in [5.41, 5.74) is 12.1. The van der Waals surface area contributed by atoms with Crippen molar-refractivity contribution < 1.29 is 4.79 Å². The molecule has 1 aromatic rings. The summed E-state index contributed by atoms with van der Waals surface area (Å²) in [6, 6.07) is 0. The van der Waals surface area contributed by atoms with Crippen molar-refractivity contribution in [2.45, 2.75) is 25.7 Å². The third-order valence-corrected chi connectivity index (χ3v) is 2.63. The van der Waals surface area contributed by atoms with Crippen molar-refractivity contribution in [3.63, 3.8) is 0 Å². The molecule has 0 unspecified atom stereocenters. The molecular weight excluding hydrogens is 206 g/mol. The minimum absolute atomic E-state index is 0.0453. The van der Waals surface area contributed by atoms with Gasteiger partial charge in [-0.15, -0.1) is 10.2 Å². The molecule has 0 radical (unpaired) electrons. The molecule has 0 saturated heterocycles. The van der Waals surface area contributed by atoms with Crippen LogP contribution in [0.3, 0.4) is 0 Å². The van der Waals surface area contributed by atoms with Crippen LogP contribution in [-0.4, -0.2) is 21.2 Å².